The fraction of sp³-hybridized carbons (Fsp3) is 0.483. The molecule has 8 heteroatoms. The van der Waals surface area contributed by atoms with Gasteiger partial charge in [0, 0.05) is 36.0 Å². The minimum Gasteiger partial charge on any atom is -0.508 e. The lowest BCUT2D eigenvalue weighted by molar-refractivity contribution is -0.137. The number of rotatable bonds is 4. The molecule has 196 valence electrons. The van der Waals surface area contributed by atoms with Crippen molar-refractivity contribution in [3.8, 4) is 17.6 Å². The molecule has 3 fully saturated rings. The van der Waals surface area contributed by atoms with Crippen LogP contribution in [0.4, 0.5) is 13.2 Å². The Morgan fingerprint density at radius 1 is 1.11 bits per heavy atom. The van der Waals surface area contributed by atoms with Gasteiger partial charge in [-0.1, -0.05) is 18.1 Å². The normalized spacial score (nSPS) is 28.1. The smallest absolute Gasteiger partial charge is 0.416 e. The Morgan fingerprint density at radius 2 is 1.86 bits per heavy atom. The first-order valence-corrected chi connectivity index (χ1v) is 12.8. The van der Waals surface area contributed by atoms with Crippen molar-refractivity contribution in [2.75, 3.05) is 19.6 Å². The fourth-order valence-electron chi connectivity index (χ4n) is 6.10. The van der Waals surface area contributed by atoms with E-state index in [0.29, 0.717) is 37.8 Å². The molecule has 3 atom stereocenters. The number of β-amino-alcohol motifs (C(OH)–C–C–N with tert-alkyl or cyclic N) is 1. The van der Waals surface area contributed by atoms with E-state index in [9.17, 15) is 28.2 Å². The van der Waals surface area contributed by atoms with Crippen LogP contribution < -0.4 is 5.32 Å². The lowest BCUT2D eigenvalue weighted by Gasteiger charge is -2.58. The topological polar surface area (TPSA) is 72.8 Å². The van der Waals surface area contributed by atoms with E-state index >= 15 is 0 Å². The van der Waals surface area contributed by atoms with Crippen LogP contribution in [0.2, 0.25) is 0 Å². The third-order valence-corrected chi connectivity index (χ3v) is 8.21. The van der Waals surface area contributed by atoms with Gasteiger partial charge in [0.1, 0.15) is 5.75 Å². The van der Waals surface area contributed by atoms with E-state index in [-0.39, 0.29) is 11.8 Å². The zero-order valence-electron chi connectivity index (χ0n) is 20.5. The van der Waals surface area contributed by atoms with Crippen LogP contribution in [0.25, 0.3) is 0 Å². The van der Waals surface area contributed by atoms with Crippen LogP contribution in [0.3, 0.4) is 0 Å². The Labute approximate surface area is 214 Å². The summed E-state index contributed by atoms with van der Waals surface area (Å²) in [5.41, 5.74) is -1.18. The van der Waals surface area contributed by atoms with Crippen LogP contribution in [0.5, 0.6) is 5.75 Å². The summed E-state index contributed by atoms with van der Waals surface area (Å²) >= 11 is 0. The van der Waals surface area contributed by atoms with Gasteiger partial charge in [-0.2, -0.15) is 13.2 Å². The van der Waals surface area contributed by atoms with E-state index in [4.69, 9.17) is 0 Å². The van der Waals surface area contributed by atoms with E-state index in [2.05, 4.69) is 22.1 Å². The van der Waals surface area contributed by atoms with Crippen molar-refractivity contribution in [3.05, 3.63) is 65.2 Å². The van der Waals surface area contributed by atoms with Gasteiger partial charge in [-0.05, 0) is 92.9 Å². The van der Waals surface area contributed by atoms with Crippen molar-refractivity contribution in [1.29, 1.82) is 0 Å². The number of benzene rings is 2. The van der Waals surface area contributed by atoms with Crippen LogP contribution in [-0.4, -0.2) is 52.3 Å². The van der Waals surface area contributed by atoms with E-state index in [1.165, 1.54) is 25.0 Å². The van der Waals surface area contributed by atoms with Crippen molar-refractivity contribution in [2.24, 2.45) is 5.92 Å². The standard InChI is InChI=1S/C29H31F3N2O3/c30-29(31,32)22-9-6-20(7-10-22)8-11-26(36)33-24-12-13-28(37)19-34(18-21-4-5-21)15-14-27(28,17-24)23-2-1-3-25(35)16-23/h1-3,6-7,9-10,16,21,24,35,37H,4-5,12-15,17-19H2,(H,33,36)/t24-,27+,28+/m1/s1. The summed E-state index contributed by atoms with van der Waals surface area (Å²) in [6.07, 6.45) is 0.374. The fourth-order valence-corrected chi connectivity index (χ4v) is 6.10. The van der Waals surface area contributed by atoms with Crippen molar-refractivity contribution < 1.29 is 28.2 Å². The molecule has 1 saturated heterocycles. The number of likely N-dealkylation sites (tertiary alicyclic amines) is 1. The molecular formula is C29H31F3N2O3. The first-order valence-electron chi connectivity index (χ1n) is 12.8. The number of alkyl halides is 3. The average Bonchev–Trinajstić information content (AvgIpc) is 3.67. The van der Waals surface area contributed by atoms with E-state index in [0.717, 1.165) is 36.7 Å². The number of fused-ring (bicyclic) bond motifs is 1. The van der Waals surface area contributed by atoms with Gasteiger partial charge in [0.15, 0.2) is 0 Å². The first-order chi connectivity index (χ1) is 17.6. The predicted octanol–water partition coefficient (Wildman–Crippen LogP) is 4.22. The lowest BCUT2D eigenvalue weighted by Crippen LogP contribution is -2.67. The Kier molecular flexibility index (Phi) is 6.71. The Hall–Kier alpha value is -3.02. The summed E-state index contributed by atoms with van der Waals surface area (Å²) in [5, 5.41) is 25.2. The number of carbonyl (C=O) groups is 1. The van der Waals surface area contributed by atoms with Crippen LogP contribution >= 0.6 is 0 Å². The summed E-state index contributed by atoms with van der Waals surface area (Å²) in [6.45, 7) is 2.40. The first kappa shape index (κ1) is 25.6. The van der Waals surface area contributed by atoms with Crippen molar-refractivity contribution in [3.63, 3.8) is 0 Å². The summed E-state index contributed by atoms with van der Waals surface area (Å²) in [6, 6.07) is 11.2. The van der Waals surface area contributed by atoms with Gasteiger partial charge in [-0.3, -0.25) is 4.79 Å². The van der Waals surface area contributed by atoms with Gasteiger partial charge in [0.25, 0.3) is 5.91 Å². The second-order valence-electron chi connectivity index (χ2n) is 10.8. The number of hydrogen-bond donors (Lipinski definition) is 3. The second kappa shape index (κ2) is 9.70. The number of phenols is 1. The van der Waals surface area contributed by atoms with Gasteiger partial charge in [0.2, 0.25) is 0 Å². The lowest BCUT2D eigenvalue weighted by atomic mass is 9.55. The summed E-state index contributed by atoms with van der Waals surface area (Å²) in [5.74, 6) is 5.48. The maximum absolute atomic E-state index is 12.8. The molecule has 1 heterocycles. The summed E-state index contributed by atoms with van der Waals surface area (Å²) in [4.78, 5) is 15.0. The Bertz CT molecular complexity index is 1220. The molecule has 2 aromatic rings. The number of carbonyl (C=O) groups excluding carboxylic acids is 1. The maximum Gasteiger partial charge on any atom is 0.416 e. The maximum atomic E-state index is 12.8. The molecule has 0 unspecified atom stereocenters. The van der Waals surface area contributed by atoms with Gasteiger partial charge < -0.3 is 20.4 Å². The molecule has 0 bridgehead atoms. The number of nitrogens with zero attached hydrogens (tertiary/aromatic N) is 1. The quantitative estimate of drug-likeness (QED) is 0.537. The molecule has 3 aliphatic rings. The van der Waals surface area contributed by atoms with Crippen LogP contribution in [0.1, 0.15) is 55.2 Å². The third-order valence-electron chi connectivity index (χ3n) is 8.21. The van der Waals surface area contributed by atoms with Crippen molar-refractivity contribution in [1.82, 2.24) is 10.2 Å². The molecule has 0 aromatic heterocycles. The van der Waals surface area contributed by atoms with Crippen molar-refractivity contribution >= 4 is 5.91 Å². The highest BCUT2D eigenvalue weighted by atomic mass is 19.4. The number of aliphatic hydroxyl groups is 1. The number of phenolic OH excluding ortho intramolecular Hbond substituents is 1. The Balaban J connectivity index is 1.32. The molecule has 0 spiro atoms. The highest BCUT2D eigenvalue weighted by Crippen LogP contribution is 2.52. The number of amides is 1. The Morgan fingerprint density at radius 3 is 2.54 bits per heavy atom. The van der Waals surface area contributed by atoms with E-state index in [1.54, 1.807) is 18.2 Å². The minimum atomic E-state index is -4.42. The van der Waals surface area contributed by atoms with Crippen LogP contribution in [0, 0.1) is 17.8 Å². The monoisotopic (exact) mass is 512 g/mol. The number of piperidine rings is 1. The average molecular weight is 513 g/mol. The van der Waals surface area contributed by atoms with Gasteiger partial charge in [-0.25, -0.2) is 0 Å². The van der Waals surface area contributed by atoms with Gasteiger partial charge in [-0.15, -0.1) is 0 Å². The molecule has 0 radical (unpaired) electrons. The minimum absolute atomic E-state index is 0.142. The zero-order valence-corrected chi connectivity index (χ0v) is 20.5. The highest BCUT2D eigenvalue weighted by molar-refractivity contribution is 5.94. The van der Waals surface area contributed by atoms with Gasteiger partial charge in [0.05, 0.1) is 11.2 Å². The molecule has 37 heavy (non-hydrogen) atoms. The predicted molar refractivity (Wildman–Crippen MR) is 133 cm³/mol. The summed E-state index contributed by atoms with van der Waals surface area (Å²) in [7, 11) is 0. The molecule has 1 aliphatic heterocycles. The van der Waals surface area contributed by atoms with E-state index < -0.39 is 28.7 Å². The largest absolute Gasteiger partial charge is 0.508 e. The van der Waals surface area contributed by atoms with Crippen LogP contribution in [0.15, 0.2) is 48.5 Å². The third kappa shape index (κ3) is 5.48. The molecule has 2 aliphatic carbocycles. The molecule has 3 N–H and O–H groups in total. The number of nitrogens with one attached hydrogen (secondary N) is 1. The number of halogens is 3. The zero-order chi connectivity index (χ0) is 26.3. The highest BCUT2D eigenvalue weighted by Gasteiger charge is 2.57. The molecular weight excluding hydrogens is 481 g/mol. The molecule has 5 nitrogen and oxygen atoms in total. The van der Waals surface area contributed by atoms with Gasteiger partial charge >= 0.3 is 6.18 Å². The number of hydrogen-bond acceptors (Lipinski definition) is 4. The summed E-state index contributed by atoms with van der Waals surface area (Å²) < 4.78 is 38.3. The second-order valence-corrected chi connectivity index (χ2v) is 10.8. The number of aromatic hydroxyl groups is 1. The molecule has 1 amide bonds. The molecule has 2 saturated carbocycles. The van der Waals surface area contributed by atoms with Crippen molar-refractivity contribution in [2.45, 2.75) is 61.8 Å². The SMILES string of the molecule is O=C(C#Cc1ccc(C(F)(F)F)cc1)N[C@@H]1CC[C@]2(O)CN(CC3CC3)CC[C@@]2(c2cccc(O)c2)C1. The van der Waals surface area contributed by atoms with Crippen LogP contribution in [-0.2, 0) is 16.4 Å². The van der Waals surface area contributed by atoms with E-state index in [1.807, 2.05) is 6.07 Å². The molecule has 2 aromatic carbocycles. The molecule has 5 rings (SSSR count).